The molecule has 3 heterocycles. The van der Waals surface area contributed by atoms with Crippen LogP contribution in [0.5, 0.6) is 5.75 Å². The number of carboxylic acid groups (broad SMARTS) is 1. The van der Waals surface area contributed by atoms with Crippen LogP contribution in [0.2, 0.25) is 0 Å². The normalized spacial score (nSPS) is 17.3. The number of piperazine rings is 1. The summed E-state index contributed by atoms with van der Waals surface area (Å²) < 4.78 is 5.75. The Morgan fingerprint density at radius 3 is 2.72 bits per heavy atom. The maximum absolute atomic E-state index is 10.7. The molecule has 0 bridgehead atoms. The Bertz CT molecular complexity index is 1490. The van der Waals surface area contributed by atoms with Gasteiger partial charge in [0.05, 0.1) is 29.0 Å². The Hall–Kier alpha value is -4.24. The maximum Gasteiger partial charge on any atom is 0.303 e. The van der Waals surface area contributed by atoms with Gasteiger partial charge >= 0.3 is 5.97 Å². The van der Waals surface area contributed by atoms with Gasteiger partial charge in [-0.2, -0.15) is 0 Å². The number of anilines is 3. The van der Waals surface area contributed by atoms with Gasteiger partial charge in [0.25, 0.3) is 0 Å². The van der Waals surface area contributed by atoms with Crippen LogP contribution in [0.1, 0.15) is 24.6 Å². The number of nitrogens with one attached hydrogen (secondary N) is 2. The van der Waals surface area contributed by atoms with Gasteiger partial charge < -0.3 is 34.8 Å². The van der Waals surface area contributed by atoms with Crippen LogP contribution < -0.4 is 19.9 Å². The van der Waals surface area contributed by atoms with Gasteiger partial charge in [-0.25, -0.2) is 4.98 Å². The largest absolute Gasteiger partial charge is 0.494 e. The molecule has 39 heavy (non-hydrogen) atoms. The second-order valence-electron chi connectivity index (χ2n) is 10.4. The van der Waals surface area contributed by atoms with E-state index in [1.54, 1.807) is 0 Å². The van der Waals surface area contributed by atoms with Crippen molar-refractivity contribution in [1.29, 1.82) is 0 Å². The Morgan fingerprint density at radius 2 is 1.90 bits per heavy atom. The molecule has 1 unspecified atom stereocenters. The van der Waals surface area contributed by atoms with Crippen molar-refractivity contribution < 1.29 is 14.6 Å². The third-order valence-corrected chi connectivity index (χ3v) is 7.64. The number of benzene rings is 3. The number of H-pyrrole nitrogens is 1. The number of aliphatic carboxylic acids is 1. The van der Waals surface area contributed by atoms with E-state index in [1.165, 1.54) is 11.4 Å². The van der Waals surface area contributed by atoms with E-state index in [9.17, 15) is 4.79 Å². The minimum Gasteiger partial charge on any atom is -0.494 e. The van der Waals surface area contributed by atoms with E-state index in [1.807, 2.05) is 24.3 Å². The molecule has 4 aromatic rings. The fourth-order valence-corrected chi connectivity index (χ4v) is 5.38. The summed E-state index contributed by atoms with van der Waals surface area (Å²) in [4.78, 5) is 26.1. The summed E-state index contributed by atoms with van der Waals surface area (Å²) in [5, 5.41) is 12.5. The van der Waals surface area contributed by atoms with Gasteiger partial charge in [-0.3, -0.25) is 4.79 Å². The standard InChI is InChI=1S/C30H34N6O3/c1-34-12-14-36(15-13-34)22-9-11-27-26(19-22)33-30(35(27)2)21-8-10-24-25(18-21)32-29(31-24)20-5-3-6-23(17-20)39-16-4-7-28(37)38/h3,5-6,8-11,17-19,30,33H,4,7,12-16H2,1-2H3,(H,31,32)(H,37,38). The van der Waals surface area contributed by atoms with Crippen LogP contribution >= 0.6 is 0 Å². The zero-order valence-electron chi connectivity index (χ0n) is 22.4. The number of carboxylic acids is 1. The molecular formula is C30H34N6O3. The number of aromatic nitrogens is 2. The number of hydrogen-bond acceptors (Lipinski definition) is 7. The molecule has 3 aromatic carbocycles. The highest BCUT2D eigenvalue weighted by Crippen LogP contribution is 2.42. The van der Waals surface area contributed by atoms with Crippen molar-refractivity contribution in [3.05, 3.63) is 66.2 Å². The van der Waals surface area contributed by atoms with Crippen LogP contribution in [0.25, 0.3) is 22.4 Å². The smallest absolute Gasteiger partial charge is 0.303 e. The molecule has 0 aliphatic carbocycles. The van der Waals surface area contributed by atoms with Crippen molar-refractivity contribution in [1.82, 2.24) is 14.9 Å². The van der Waals surface area contributed by atoms with Crippen LogP contribution in [-0.2, 0) is 4.79 Å². The predicted octanol–water partition coefficient (Wildman–Crippen LogP) is 4.79. The topological polar surface area (TPSA) is 97.0 Å². The van der Waals surface area contributed by atoms with Crippen molar-refractivity contribution in [3.8, 4) is 17.1 Å². The van der Waals surface area contributed by atoms with Gasteiger partial charge in [0, 0.05) is 50.9 Å². The summed E-state index contributed by atoms with van der Waals surface area (Å²) in [5.41, 5.74) is 7.58. The first kappa shape index (κ1) is 25.1. The minimum atomic E-state index is -0.813. The van der Waals surface area contributed by atoms with Gasteiger partial charge in [-0.15, -0.1) is 0 Å². The summed E-state index contributed by atoms with van der Waals surface area (Å²) in [5.74, 6) is 0.655. The van der Waals surface area contributed by atoms with Crippen molar-refractivity contribution in [2.45, 2.75) is 19.0 Å². The molecule has 9 nitrogen and oxygen atoms in total. The molecule has 6 rings (SSSR count). The van der Waals surface area contributed by atoms with E-state index >= 15 is 0 Å². The second kappa shape index (κ2) is 10.5. The number of hydrogen-bond donors (Lipinski definition) is 3. The molecular weight excluding hydrogens is 492 g/mol. The number of ether oxygens (including phenoxy) is 1. The lowest BCUT2D eigenvalue weighted by Crippen LogP contribution is -2.44. The zero-order chi connectivity index (χ0) is 26.9. The molecule has 1 fully saturated rings. The van der Waals surface area contributed by atoms with Crippen LogP contribution in [0, 0.1) is 0 Å². The number of carbonyl (C=O) groups is 1. The van der Waals surface area contributed by atoms with Crippen molar-refractivity contribution in [2.24, 2.45) is 0 Å². The van der Waals surface area contributed by atoms with Crippen LogP contribution in [0.15, 0.2) is 60.7 Å². The van der Waals surface area contributed by atoms with Gasteiger partial charge in [-0.1, -0.05) is 18.2 Å². The summed E-state index contributed by atoms with van der Waals surface area (Å²) in [6, 6.07) is 20.8. The zero-order valence-corrected chi connectivity index (χ0v) is 22.4. The SMILES string of the molecule is CN1CCN(c2ccc3c(c2)NC(c2ccc4nc(-c5cccc(OCCCC(=O)O)c5)[nH]c4c2)N3C)CC1. The number of likely N-dealkylation sites (N-methyl/N-ethyl adjacent to an activating group) is 1. The molecule has 1 atom stereocenters. The Labute approximate surface area is 228 Å². The van der Waals surface area contributed by atoms with Crippen molar-refractivity contribution in [3.63, 3.8) is 0 Å². The van der Waals surface area contributed by atoms with Gasteiger partial charge in [0.1, 0.15) is 17.7 Å². The van der Waals surface area contributed by atoms with Crippen LogP contribution in [0.3, 0.4) is 0 Å². The lowest BCUT2D eigenvalue weighted by atomic mass is 10.1. The molecule has 9 heteroatoms. The average Bonchev–Trinajstić information content (AvgIpc) is 3.52. The van der Waals surface area contributed by atoms with Crippen LogP contribution in [0.4, 0.5) is 17.1 Å². The highest BCUT2D eigenvalue weighted by Gasteiger charge is 2.28. The maximum atomic E-state index is 10.7. The van der Waals surface area contributed by atoms with Crippen molar-refractivity contribution in [2.75, 3.05) is 62.0 Å². The second-order valence-corrected chi connectivity index (χ2v) is 10.4. The predicted molar refractivity (Wildman–Crippen MR) is 155 cm³/mol. The monoisotopic (exact) mass is 526 g/mol. The molecule has 2 aliphatic heterocycles. The van der Waals surface area contributed by atoms with E-state index in [4.69, 9.17) is 14.8 Å². The number of aromatic amines is 1. The number of fused-ring (bicyclic) bond motifs is 2. The van der Waals surface area contributed by atoms with E-state index in [0.29, 0.717) is 18.8 Å². The van der Waals surface area contributed by atoms with Crippen LogP contribution in [-0.4, -0.2) is 72.8 Å². The molecule has 202 valence electrons. The summed E-state index contributed by atoms with van der Waals surface area (Å²) in [7, 11) is 4.31. The van der Waals surface area contributed by atoms with E-state index in [0.717, 1.165) is 59.9 Å². The number of imidazole rings is 1. The number of nitrogens with zero attached hydrogens (tertiary/aromatic N) is 4. The van der Waals surface area contributed by atoms with E-state index in [-0.39, 0.29) is 12.6 Å². The first-order valence-corrected chi connectivity index (χ1v) is 13.5. The molecule has 0 spiro atoms. The van der Waals surface area contributed by atoms with E-state index in [2.05, 4.69) is 75.5 Å². The van der Waals surface area contributed by atoms with Crippen molar-refractivity contribution >= 4 is 34.1 Å². The Kier molecular flexibility index (Phi) is 6.74. The Morgan fingerprint density at radius 1 is 1.05 bits per heavy atom. The summed E-state index contributed by atoms with van der Waals surface area (Å²) in [6.45, 7) is 4.63. The highest BCUT2D eigenvalue weighted by molar-refractivity contribution is 5.83. The van der Waals surface area contributed by atoms with Gasteiger partial charge in [0.15, 0.2) is 0 Å². The first-order chi connectivity index (χ1) is 18.9. The molecule has 2 aliphatic rings. The molecule has 3 N–H and O–H groups in total. The molecule has 0 saturated carbocycles. The fraction of sp³-hybridized carbons (Fsp3) is 0.333. The summed E-state index contributed by atoms with van der Waals surface area (Å²) >= 11 is 0. The number of rotatable bonds is 8. The lowest BCUT2D eigenvalue weighted by molar-refractivity contribution is -0.137. The third kappa shape index (κ3) is 5.22. The Balaban J connectivity index is 1.18. The highest BCUT2D eigenvalue weighted by atomic mass is 16.5. The molecule has 0 radical (unpaired) electrons. The third-order valence-electron chi connectivity index (χ3n) is 7.64. The van der Waals surface area contributed by atoms with Gasteiger partial charge in [0.2, 0.25) is 0 Å². The summed E-state index contributed by atoms with van der Waals surface area (Å²) in [6.07, 6.45) is 0.595. The van der Waals surface area contributed by atoms with Gasteiger partial charge in [-0.05, 0) is 61.5 Å². The molecule has 1 aromatic heterocycles. The van der Waals surface area contributed by atoms with E-state index < -0.39 is 5.97 Å². The molecule has 0 amide bonds. The minimum absolute atomic E-state index is 0.0291. The molecule has 1 saturated heterocycles. The first-order valence-electron chi connectivity index (χ1n) is 13.5. The quantitative estimate of drug-likeness (QED) is 0.282. The average molecular weight is 527 g/mol. The fourth-order valence-electron chi connectivity index (χ4n) is 5.38. The lowest BCUT2D eigenvalue weighted by Gasteiger charge is -2.34.